The van der Waals surface area contributed by atoms with Gasteiger partial charge >= 0.3 is 5.69 Å². The van der Waals surface area contributed by atoms with Crippen LogP contribution in [0, 0.1) is 6.92 Å². The zero-order chi connectivity index (χ0) is 15.2. The van der Waals surface area contributed by atoms with Crippen molar-refractivity contribution in [1.82, 2.24) is 9.55 Å². The molecule has 0 unspecified atom stereocenters. The summed E-state index contributed by atoms with van der Waals surface area (Å²) in [5.74, 6) is 0. The van der Waals surface area contributed by atoms with Gasteiger partial charge < -0.3 is 19.7 Å². The van der Waals surface area contributed by atoms with E-state index < -0.39 is 35.3 Å². The predicted octanol–water partition coefficient (Wildman–Crippen LogP) is -1.36. The number of fused-ring (bicyclic) bond motifs is 1. The molecule has 3 rings (SSSR count). The molecular weight excluding hydrogens is 280 g/mol. The van der Waals surface area contributed by atoms with Gasteiger partial charge in [0.1, 0.15) is 17.8 Å². The van der Waals surface area contributed by atoms with Gasteiger partial charge in [0.05, 0.1) is 6.61 Å². The molecule has 1 aromatic heterocycles. The molecular formula is C13H18N2O6. The van der Waals surface area contributed by atoms with Crippen LogP contribution in [-0.2, 0) is 9.47 Å². The predicted molar refractivity (Wildman–Crippen MR) is 71.0 cm³/mol. The van der Waals surface area contributed by atoms with Crippen LogP contribution in [0.15, 0.2) is 15.8 Å². The lowest BCUT2D eigenvalue weighted by Gasteiger charge is -2.36. The SMILES string of the molecule is Cc1cn([C@@H]2O[C@@]3(CO)CCCO[C@H]3[C@H]2O)c(=O)[nH]c1=O. The largest absolute Gasteiger partial charge is 0.393 e. The molecule has 2 saturated heterocycles. The van der Waals surface area contributed by atoms with Gasteiger partial charge in [-0.25, -0.2) is 4.79 Å². The van der Waals surface area contributed by atoms with E-state index >= 15 is 0 Å². The van der Waals surface area contributed by atoms with E-state index in [1.807, 2.05) is 0 Å². The Morgan fingerprint density at radius 2 is 2.29 bits per heavy atom. The van der Waals surface area contributed by atoms with Gasteiger partial charge in [-0.1, -0.05) is 0 Å². The number of aliphatic hydroxyl groups is 2. The highest BCUT2D eigenvalue weighted by Crippen LogP contribution is 2.43. The molecule has 116 valence electrons. The number of rotatable bonds is 2. The second-order valence-electron chi connectivity index (χ2n) is 5.60. The summed E-state index contributed by atoms with van der Waals surface area (Å²) in [5.41, 5.74) is -1.82. The van der Waals surface area contributed by atoms with Gasteiger partial charge in [-0.3, -0.25) is 14.3 Å². The van der Waals surface area contributed by atoms with E-state index in [0.29, 0.717) is 25.0 Å². The monoisotopic (exact) mass is 298 g/mol. The third-order valence-electron chi connectivity index (χ3n) is 4.21. The van der Waals surface area contributed by atoms with Crippen molar-refractivity contribution in [1.29, 1.82) is 0 Å². The van der Waals surface area contributed by atoms with Gasteiger partial charge in [0, 0.05) is 18.4 Å². The maximum absolute atomic E-state index is 11.9. The molecule has 1 aromatic rings. The van der Waals surface area contributed by atoms with Crippen molar-refractivity contribution in [2.24, 2.45) is 0 Å². The minimum Gasteiger partial charge on any atom is -0.393 e. The fraction of sp³-hybridized carbons (Fsp3) is 0.692. The second kappa shape index (κ2) is 5.06. The number of aryl methyl sites for hydroxylation is 1. The number of aliphatic hydroxyl groups excluding tert-OH is 2. The van der Waals surface area contributed by atoms with Crippen LogP contribution in [0.2, 0.25) is 0 Å². The fourth-order valence-corrected chi connectivity index (χ4v) is 3.07. The lowest BCUT2D eigenvalue weighted by Crippen LogP contribution is -2.50. The Morgan fingerprint density at radius 3 is 2.95 bits per heavy atom. The summed E-state index contributed by atoms with van der Waals surface area (Å²) >= 11 is 0. The minimum absolute atomic E-state index is 0.303. The van der Waals surface area contributed by atoms with E-state index in [9.17, 15) is 19.8 Å². The standard InChI is InChI=1S/C13H18N2O6/c1-7-5-15(12(19)14-10(7)18)11-8(17)9-13(6-16,21-11)3-2-4-20-9/h5,8-9,11,16-17H,2-4,6H2,1H3,(H,14,18,19)/t8-,9+,11-,13-/m1/s1. The second-order valence-corrected chi connectivity index (χ2v) is 5.60. The average molecular weight is 298 g/mol. The summed E-state index contributed by atoms with van der Waals surface area (Å²) in [5, 5.41) is 20.0. The first-order chi connectivity index (χ1) is 9.98. The molecule has 2 aliphatic heterocycles. The summed E-state index contributed by atoms with van der Waals surface area (Å²) in [6.07, 6.45) is -0.198. The van der Waals surface area contributed by atoms with Crippen LogP contribution in [-0.4, -0.2) is 50.8 Å². The molecule has 0 aromatic carbocycles. The van der Waals surface area contributed by atoms with Crippen LogP contribution in [0.1, 0.15) is 24.6 Å². The summed E-state index contributed by atoms with van der Waals surface area (Å²) in [7, 11) is 0. The van der Waals surface area contributed by atoms with E-state index in [4.69, 9.17) is 9.47 Å². The molecule has 21 heavy (non-hydrogen) atoms. The number of hydrogen-bond donors (Lipinski definition) is 3. The number of H-pyrrole nitrogens is 1. The van der Waals surface area contributed by atoms with E-state index in [1.165, 1.54) is 6.20 Å². The number of hydrogen-bond acceptors (Lipinski definition) is 6. The lowest BCUT2D eigenvalue weighted by atomic mass is 9.89. The van der Waals surface area contributed by atoms with Crippen LogP contribution >= 0.6 is 0 Å². The van der Waals surface area contributed by atoms with Gasteiger partial charge in [-0.2, -0.15) is 0 Å². The quantitative estimate of drug-likeness (QED) is 0.622. The van der Waals surface area contributed by atoms with Gasteiger partial charge in [0.25, 0.3) is 5.56 Å². The molecule has 3 heterocycles. The first-order valence-electron chi connectivity index (χ1n) is 6.89. The highest BCUT2D eigenvalue weighted by atomic mass is 16.6. The van der Waals surface area contributed by atoms with Crippen LogP contribution in [0.5, 0.6) is 0 Å². The highest BCUT2D eigenvalue weighted by Gasteiger charge is 2.57. The van der Waals surface area contributed by atoms with E-state index in [2.05, 4.69) is 4.98 Å². The smallest absolute Gasteiger partial charge is 0.330 e. The molecule has 8 nitrogen and oxygen atoms in total. The van der Waals surface area contributed by atoms with E-state index in [1.54, 1.807) is 6.92 Å². The molecule has 0 saturated carbocycles. The number of ether oxygens (including phenoxy) is 2. The maximum atomic E-state index is 11.9. The minimum atomic E-state index is -1.10. The van der Waals surface area contributed by atoms with Gasteiger partial charge in [-0.15, -0.1) is 0 Å². The molecule has 0 aliphatic carbocycles. The number of nitrogens with one attached hydrogen (secondary N) is 1. The van der Waals surface area contributed by atoms with Crippen molar-refractivity contribution in [3.63, 3.8) is 0 Å². The van der Waals surface area contributed by atoms with Crippen LogP contribution in [0.25, 0.3) is 0 Å². The summed E-state index contributed by atoms with van der Waals surface area (Å²) < 4.78 is 12.5. The van der Waals surface area contributed by atoms with E-state index in [-0.39, 0.29) is 6.61 Å². The topological polar surface area (TPSA) is 114 Å². The fourth-order valence-electron chi connectivity index (χ4n) is 3.07. The third kappa shape index (κ3) is 2.15. The maximum Gasteiger partial charge on any atom is 0.330 e. The molecule has 8 heteroatoms. The van der Waals surface area contributed by atoms with Crippen molar-refractivity contribution in [3.8, 4) is 0 Å². The Labute approximate surface area is 119 Å². The Hall–Kier alpha value is -1.48. The van der Waals surface area contributed by atoms with Gasteiger partial charge in [-0.05, 0) is 19.8 Å². The molecule has 0 radical (unpaired) electrons. The Morgan fingerprint density at radius 1 is 1.52 bits per heavy atom. The highest BCUT2D eigenvalue weighted by molar-refractivity contribution is 5.07. The first-order valence-corrected chi connectivity index (χ1v) is 6.89. The molecule has 4 atom stereocenters. The molecule has 2 aliphatic rings. The van der Waals surface area contributed by atoms with Crippen LogP contribution in [0.4, 0.5) is 0 Å². The zero-order valence-corrected chi connectivity index (χ0v) is 11.6. The van der Waals surface area contributed by atoms with E-state index in [0.717, 1.165) is 4.57 Å². The molecule has 2 fully saturated rings. The molecule has 3 N–H and O–H groups in total. The van der Waals surface area contributed by atoms with Gasteiger partial charge in [0.15, 0.2) is 6.23 Å². The van der Waals surface area contributed by atoms with Crippen molar-refractivity contribution in [3.05, 3.63) is 32.6 Å². The Kier molecular flexibility index (Phi) is 3.48. The van der Waals surface area contributed by atoms with Crippen molar-refractivity contribution < 1.29 is 19.7 Å². The van der Waals surface area contributed by atoms with Crippen molar-refractivity contribution >= 4 is 0 Å². The summed E-state index contributed by atoms with van der Waals surface area (Å²) in [6.45, 7) is 1.73. The molecule has 0 amide bonds. The third-order valence-corrected chi connectivity index (χ3v) is 4.21. The summed E-state index contributed by atoms with van der Waals surface area (Å²) in [6, 6.07) is 0. The normalized spacial score (nSPS) is 35.7. The Balaban J connectivity index is 2.03. The zero-order valence-electron chi connectivity index (χ0n) is 11.6. The summed E-state index contributed by atoms with van der Waals surface area (Å²) in [4.78, 5) is 25.5. The molecule has 0 bridgehead atoms. The van der Waals surface area contributed by atoms with Crippen LogP contribution in [0.3, 0.4) is 0 Å². The molecule has 0 spiro atoms. The van der Waals surface area contributed by atoms with Gasteiger partial charge in [0.2, 0.25) is 0 Å². The lowest BCUT2D eigenvalue weighted by molar-refractivity contribution is -0.167. The number of nitrogens with zero attached hydrogens (tertiary/aromatic N) is 1. The number of aromatic nitrogens is 2. The van der Waals surface area contributed by atoms with Crippen LogP contribution < -0.4 is 11.2 Å². The van der Waals surface area contributed by atoms with Crippen molar-refractivity contribution in [2.45, 2.75) is 43.8 Å². The Bertz CT molecular complexity index is 653. The van der Waals surface area contributed by atoms with Crippen molar-refractivity contribution in [2.75, 3.05) is 13.2 Å². The first kappa shape index (κ1) is 14.5. The number of aromatic amines is 1. The average Bonchev–Trinajstić information content (AvgIpc) is 2.77.